The van der Waals surface area contributed by atoms with Gasteiger partial charge in [0.25, 0.3) is 0 Å². The van der Waals surface area contributed by atoms with Crippen LogP contribution in [-0.2, 0) is 11.2 Å². The third-order valence-corrected chi connectivity index (χ3v) is 3.78. The van der Waals surface area contributed by atoms with Crippen LogP contribution in [0.15, 0.2) is 12.1 Å². The smallest absolute Gasteiger partial charge is 0.224 e. The number of amides is 1. The molecular formula is C14H17N3OS. The lowest BCUT2D eigenvalue weighted by atomic mass is 10.0. The van der Waals surface area contributed by atoms with Crippen molar-refractivity contribution in [2.24, 2.45) is 0 Å². The van der Waals surface area contributed by atoms with Gasteiger partial charge in [0.15, 0.2) is 0 Å². The molecule has 2 rings (SSSR count). The Morgan fingerprint density at radius 1 is 1.47 bits per heavy atom. The maximum Gasteiger partial charge on any atom is 0.224 e. The minimum atomic E-state index is 0.0628. The van der Waals surface area contributed by atoms with Crippen LogP contribution in [0.1, 0.15) is 12.0 Å². The second-order valence-corrected chi connectivity index (χ2v) is 5.43. The molecule has 0 fully saturated rings. The summed E-state index contributed by atoms with van der Waals surface area (Å²) in [6.07, 6.45) is 6.47. The fourth-order valence-electron chi connectivity index (χ4n) is 1.99. The van der Waals surface area contributed by atoms with Gasteiger partial charge in [-0.1, -0.05) is 5.92 Å². The van der Waals surface area contributed by atoms with Crippen LogP contribution in [0.25, 0.3) is 0 Å². The Morgan fingerprint density at radius 3 is 3.11 bits per heavy atom. The molecule has 1 aliphatic rings. The average molecular weight is 275 g/mol. The molecule has 4 nitrogen and oxygen atoms in total. The minimum absolute atomic E-state index is 0.0628. The molecule has 0 aromatic heterocycles. The molecule has 0 spiro atoms. The fraction of sp³-hybridized carbons (Fsp3) is 0.357. The third kappa shape index (κ3) is 3.58. The Bertz CT molecular complexity index is 522. The van der Waals surface area contributed by atoms with Crippen LogP contribution in [0.2, 0.25) is 0 Å². The van der Waals surface area contributed by atoms with Gasteiger partial charge >= 0.3 is 0 Å². The molecule has 1 aromatic rings. The molecule has 0 saturated carbocycles. The van der Waals surface area contributed by atoms with E-state index in [0.29, 0.717) is 6.42 Å². The number of carbonyl (C=O) groups excluding carboxylic acids is 1. The predicted octanol–water partition coefficient (Wildman–Crippen LogP) is 1.93. The number of nitrogen functional groups attached to an aromatic ring is 1. The van der Waals surface area contributed by atoms with Gasteiger partial charge in [0.1, 0.15) is 0 Å². The number of anilines is 3. The second-order valence-electron chi connectivity index (χ2n) is 4.33. The highest BCUT2D eigenvalue weighted by Gasteiger charge is 2.16. The second kappa shape index (κ2) is 6.39. The Morgan fingerprint density at radius 2 is 2.32 bits per heavy atom. The van der Waals surface area contributed by atoms with Crippen molar-refractivity contribution in [2.75, 3.05) is 34.4 Å². The van der Waals surface area contributed by atoms with Gasteiger partial charge in [-0.25, -0.2) is 0 Å². The van der Waals surface area contributed by atoms with Crippen molar-refractivity contribution in [3.05, 3.63) is 17.7 Å². The quantitative estimate of drug-likeness (QED) is 0.436. The third-order valence-electron chi connectivity index (χ3n) is 2.92. The topological polar surface area (TPSA) is 67.1 Å². The Kier molecular flexibility index (Phi) is 4.58. The first-order valence-electron chi connectivity index (χ1n) is 6.18. The number of rotatable bonds is 5. The van der Waals surface area contributed by atoms with Crippen molar-refractivity contribution < 1.29 is 4.79 Å². The van der Waals surface area contributed by atoms with Gasteiger partial charge in [-0.2, -0.15) is 0 Å². The summed E-state index contributed by atoms with van der Waals surface area (Å²) in [4.78, 5) is 11.4. The van der Waals surface area contributed by atoms with E-state index in [1.165, 1.54) is 0 Å². The minimum Gasteiger partial charge on any atom is -0.397 e. The molecule has 0 atom stereocenters. The number of hydrogen-bond acceptors (Lipinski definition) is 4. The first kappa shape index (κ1) is 13.6. The molecule has 1 amide bonds. The highest BCUT2D eigenvalue weighted by Crippen LogP contribution is 2.30. The molecule has 5 heteroatoms. The number of thioether (sulfide) groups is 1. The van der Waals surface area contributed by atoms with E-state index in [-0.39, 0.29) is 5.91 Å². The van der Waals surface area contributed by atoms with Crippen LogP contribution in [0.5, 0.6) is 0 Å². The lowest BCUT2D eigenvalue weighted by Crippen LogP contribution is -2.19. The summed E-state index contributed by atoms with van der Waals surface area (Å²) in [7, 11) is 0. The number of nitrogens with two attached hydrogens (primary N) is 1. The summed E-state index contributed by atoms with van der Waals surface area (Å²) in [5, 5.41) is 6.14. The molecule has 4 N–H and O–H groups in total. The normalized spacial score (nSPS) is 13.3. The maximum atomic E-state index is 11.4. The first-order valence-corrected chi connectivity index (χ1v) is 7.33. The predicted molar refractivity (Wildman–Crippen MR) is 82.5 cm³/mol. The first-order chi connectivity index (χ1) is 9.20. The Balaban J connectivity index is 1.99. The number of fused-ring (bicyclic) bond motifs is 1. The number of hydrogen-bond donors (Lipinski definition) is 3. The van der Waals surface area contributed by atoms with Crippen molar-refractivity contribution >= 4 is 34.7 Å². The molecule has 100 valence electrons. The van der Waals surface area contributed by atoms with E-state index in [2.05, 4.69) is 16.6 Å². The van der Waals surface area contributed by atoms with Gasteiger partial charge in [0.2, 0.25) is 5.91 Å². The highest BCUT2D eigenvalue weighted by atomic mass is 32.2. The van der Waals surface area contributed by atoms with E-state index < -0.39 is 0 Å². The average Bonchev–Trinajstić information content (AvgIpc) is 2.39. The summed E-state index contributed by atoms with van der Waals surface area (Å²) in [5.74, 6) is 4.29. The number of benzene rings is 1. The molecule has 19 heavy (non-hydrogen) atoms. The van der Waals surface area contributed by atoms with Crippen molar-refractivity contribution in [1.82, 2.24) is 0 Å². The molecule has 0 aliphatic carbocycles. The highest BCUT2D eigenvalue weighted by molar-refractivity contribution is 7.99. The molecular weight excluding hydrogens is 258 g/mol. The Hall–Kier alpha value is -1.80. The molecule has 0 saturated heterocycles. The van der Waals surface area contributed by atoms with Crippen LogP contribution < -0.4 is 16.4 Å². The van der Waals surface area contributed by atoms with Crippen LogP contribution in [-0.4, -0.2) is 24.0 Å². The monoisotopic (exact) mass is 275 g/mol. The van der Waals surface area contributed by atoms with Crippen molar-refractivity contribution in [3.63, 3.8) is 0 Å². The number of terminal acetylenes is 1. The lowest BCUT2D eigenvalue weighted by Gasteiger charge is -2.19. The molecule has 1 aliphatic heterocycles. The van der Waals surface area contributed by atoms with E-state index in [1.54, 1.807) is 11.8 Å². The van der Waals surface area contributed by atoms with Gasteiger partial charge in [0.05, 0.1) is 17.1 Å². The fourth-order valence-corrected chi connectivity index (χ4v) is 2.50. The molecule has 0 unspecified atom stereocenters. The molecule has 0 bridgehead atoms. The van der Waals surface area contributed by atoms with Crippen molar-refractivity contribution in [3.8, 4) is 12.3 Å². The van der Waals surface area contributed by atoms with E-state index >= 15 is 0 Å². The van der Waals surface area contributed by atoms with E-state index in [1.807, 2.05) is 12.1 Å². The largest absolute Gasteiger partial charge is 0.397 e. The van der Waals surface area contributed by atoms with Gasteiger partial charge in [-0.15, -0.1) is 18.2 Å². The summed E-state index contributed by atoms with van der Waals surface area (Å²) in [6, 6.07) is 3.85. The van der Waals surface area contributed by atoms with Crippen LogP contribution in [0.4, 0.5) is 17.1 Å². The summed E-state index contributed by atoms with van der Waals surface area (Å²) >= 11 is 1.70. The SMILES string of the molecule is C#CCSCCNc1cc2c(cc1N)CCC(=O)N2. The zero-order chi connectivity index (χ0) is 13.7. The zero-order valence-electron chi connectivity index (χ0n) is 10.7. The van der Waals surface area contributed by atoms with Gasteiger partial charge in [-0.05, 0) is 24.1 Å². The van der Waals surface area contributed by atoms with Gasteiger partial charge < -0.3 is 16.4 Å². The maximum absolute atomic E-state index is 11.4. The van der Waals surface area contributed by atoms with Gasteiger partial charge in [-0.3, -0.25) is 4.79 Å². The molecule has 1 heterocycles. The summed E-state index contributed by atoms with van der Waals surface area (Å²) < 4.78 is 0. The van der Waals surface area contributed by atoms with Crippen LogP contribution >= 0.6 is 11.8 Å². The number of nitrogens with one attached hydrogen (secondary N) is 2. The Labute approximate surface area is 117 Å². The van der Waals surface area contributed by atoms with Crippen LogP contribution in [0.3, 0.4) is 0 Å². The van der Waals surface area contributed by atoms with Crippen molar-refractivity contribution in [2.45, 2.75) is 12.8 Å². The lowest BCUT2D eigenvalue weighted by molar-refractivity contribution is -0.116. The van der Waals surface area contributed by atoms with Gasteiger partial charge in [0, 0.05) is 24.4 Å². The van der Waals surface area contributed by atoms with E-state index in [0.717, 1.165) is 47.1 Å². The standard InChI is InChI=1S/C14H17N3OS/c1-2-6-19-7-5-16-13-9-12-10(8-11(13)15)3-4-14(18)17-12/h1,8-9,16H,3-7,15H2,(H,17,18). The van der Waals surface area contributed by atoms with Crippen LogP contribution in [0, 0.1) is 12.3 Å². The molecule has 1 aromatic carbocycles. The summed E-state index contributed by atoms with van der Waals surface area (Å²) in [5.41, 5.74) is 9.55. The van der Waals surface area contributed by atoms with Crippen molar-refractivity contribution in [1.29, 1.82) is 0 Å². The zero-order valence-corrected chi connectivity index (χ0v) is 11.5. The number of aryl methyl sites for hydroxylation is 1. The van der Waals surface area contributed by atoms with E-state index in [4.69, 9.17) is 12.2 Å². The van der Waals surface area contributed by atoms with E-state index in [9.17, 15) is 4.79 Å². The summed E-state index contributed by atoms with van der Waals surface area (Å²) in [6.45, 7) is 0.795. The number of carbonyl (C=O) groups is 1. The molecule has 0 radical (unpaired) electrons.